The molecule has 0 aliphatic carbocycles. The molecule has 1 aromatic heterocycles. The second-order valence-corrected chi connectivity index (χ2v) is 6.77. The first-order chi connectivity index (χ1) is 14.3. The molecular formula is C22H14F4N2O2. The number of hydrogen-bond acceptors (Lipinski definition) is 3. The van der Waals surface area contributed by atoms with Crippen LogP contribution in [0, 0.1) is 30.2 Å². The molecule has 0 radical (unpaired) electrons. The van der Waals surface area contributed by atoms with Gasteiger partial charge in [-0.25, -0.2) is 17.6 Å². The molecular weight excluding hydrogens is 400 g/mol. The van der Waals surface area contributed by atoms with E-state index in [9.17, 15) is 22.4 Å². The first kappa shape index (κ1) is 19.6. The summed E-state index contributed by atoms with van der Waals surface area (Å²) in [6.45, 7) is 1.41. The van der Waals surface area contributed by atoms with Crippen molar-refractivity contribution in [2.24, 2.45) is 0 Å². The van der Waals surface area contributed by atoms with E-state index in [0.29, 0.717) is 23.2 Å². The number of fused-ring (bicyclic) bond motifs is 1. The highest BCUT2D eigenvalue weighted by Crippen LogP contribution is 2.26. The van der Waals surface area contributed by atoms with E-state index in [-0.39, 0.29) is 29.0 Å². The predicted octanol–water partition coefficient (Wildman–Crippen LogP) is 5.10. The Balaban J connectivity index is 1.74. The minimum Gasteiger partial charge on any atom is -0.457 e. The molecule has 0 fully saturated rings. The van der Waals surface area contributed by atoms with Crippen LogP contribution in [-0.2, 0) is 6.54 Å². The fraction of sp³-hybridized carbons (Fsp3) is 0.0909. The van der Waals surface area contributed by atoms with E-state index in [4.69, 9.17) is 4.74 Å². The van der Waals surface area contributed by atoms with Crippen molar-refractivity contribution in [3.63, 3.8) is 0 Å². The van der Waals surface area contributed by atoms with Crippen molar-refractivity contribution in [3.8, 4) is 11.5 Å². The van der Waals surface area contributed by atoms with Gasteiger partial charge in [0, 0.05) is 23.8 Å². The topological polar surface area (TPSA) is 44.1 Å². The lowest BCUT2D eigenvalue weighted by atomic mass is 10.1. The van der Waals surface area contributed by atoms with Gasteiger partial charge in [0.05, 0.1) is 23.8 Å². The van der Waals surface area contributed by atoms with Gasteiger partial charge in [0.15, 0.2) is 0 Å². The van der Waals surface area contributed by atoms with Crippen LogP contribution in [0.15, 0.2) is 59.7 Å². The van der Waals surface area contributed by atoms with Crippen LogP contribution in [0.4, 0.5) is 17.6 Å². The highest BCUT2D eigenvalue weighted by atomic mass is 19.1. The van der Waals surface area contributed by atoms with Gasteiger partial charge in [0.2, 0.25) is 0 Å². The molecule has 0 unspecified atom stereocenters. The molecule has 0 amide bonds. The van der Waals surface area contributed by atoms with Gasteiger partial charge in [0.25, 0.3) is 5.56 Å². The highest BCUT2D eigenvalue weighted by molar-refractivity contribution is 5.79. The molecule has 152 valence electrons. The molecule has 1 heterocycles. The van der Waals surface area contributed by atoms with Crippen LogP contribution in [0.25, 0.3) is 10.9 Å². The summed E-state index contributed by atoms with van der Waals surface area (Å²) in [7, 11) is 0. The third-order valence-electron chi connectivity index (χ3n) is 4.51. The fourth-order valence-corrected chi connectivity index (χ4v) is 3.17. The zero-order valence-electron chi connectivity index (χ0n) is 15.6. The maximum Gasteiger partial charge on any atom is 0.280 e. The van der Waals surface area contributed by atoms with Crippen LogP contribution >= 0.6 is 0 Å². The number of nitrogens with zero attached hydrogens (tertiary/aromatic N) is 2. The number of halogens is 4. The number of aryl methyl sites for hydroxylation is 1. The zero-order valence-corrected chi connectivity index (χ0v) is 15.6. The summed E-state index contributed by atoms with van der Waals surface area (Å²) < 4.78 is 61.8. The Hall–Kier alpha value is -3.68. The molecule has 0 bridgehead atoms. The van der Waals surface area contributed by atoms with Gasteiger partial charge in [-0.2, -0.15) is 4.98 Å². The van der Waals surface area contributed by atoms with Gasteiger partial charge in [0.1, 0.15) is 34.8 Å². The fourth-order valence-electron chi connectivity index (χ4n) is 3.17. The number of aromatic nitrogens is 2. The molecule has 4 aromatic rings. The van der Waals surface area contributed by atoms with E-state index in [1.807, 2.05) is 0 Å². The van der Waals surface area contributed by atoms with Crippen molar-refractivity contribution >= 4 is 10.9 Å². The van der Waals surface area contributed by atoms with E-state index in [1.54, 1.807) is 13.0 Å². The van der Waals surface area contributed by atoms with Crippen molar-refractivity contribution in [2.75, 3.05) is 0 Å². The van der Waals surface area contributed by atoms with Gasteiger partial charge in [-0.1, -0.05) is 0 Å². The van der Waals surface area contributed by atoms with Crippen molar-refractivity contribution < 1.29 is 22.3 Å². The van der Waals surface area contributed by atoms with Crippen LogP contribution in [-0.4, -0.2) is 9.55 Å². The Morgan fingerprint density at radius 1 is 0.900 bits per heavy atom. The summed E-state index contributed by atoms with van der Waals surface area (Å²) in [5.41, 5.74) is 0.0833. The Labute approximate surface area is 168 Å². The molecule has 0 saturated heterocycles. The van der Waals surface area contributed by atoms with Crippen molar-refractivity contribution in [2.45, 2.75) is 13.5 Å². The average Bonchev–Trinajstić information content (AvgIpc) is 2.65. The summed E-state index contributed by atoms with van der Waals surface area (Å²) in [5, 5.41) is 0.144. The Morgan fingerprint density at radius 2 is 1.60 bits per heavy atom. The standard InChI is InChI=1S/C22H14F4N2O2/c1-12-4-13(23)6-16(5-12)30-15-2-3-21-17(9-15)22(29)27-11-28(21)10-18-19(25)7-14(24)8-20(18)26/h2-9,11H,10H2,1H3. The quantitative estimate of drug-likeness (QED) is 0.437. The molecule has 0 saturated carbocycles. The summed E-state index contributed by atoms with van der Waals surface area (Å²) in [6, 6.07) is 9.85. The molecule has 3 aromatic carbocycles. The molecule has 4 rings (SSSR count). The summed E-state index contributed by atoms with van der Waals surface area (Å²) in [6.07, 6.45) is 1.16. The largest absolute Gasteiger partial charge is 0.457 e. The Morgan fingerprint density at radius 3 is 2.30 bits per heavy atom. The second kappa shape index (κ2) is 7.62. The van der Waals surface area contributed by atoms with Gasteiger partial charge in [-0.3, -0.25) is 4.79 Å². The number of hydrogen-bond donors (Lipinski definition) is 0. The average molecular weight is 414 g/mol. The zero-order chi connectivity index (χ0) is 21.4. The van der Waals surface area contributed by atoms with E-state index < -0.39 is 28.8 Å². The van der Waals surface area contributed by atoms with Gasteiger partial charge < -0.3 is 9.30 Å². The first-order valence-electron chi connectivity index (χ1n) is 8.88. The summed E-state index contributed by atoms with van der Waals surface area (Å²) in [4.78, 5) is 16.0. The molecule has 0 aliphatic rings. The van der Waals surface area contributed by atoms with Gasteiger partial charge >= 0.3 is 0 Å². The van der Waals surface area contributed by atoms with Gasteiger partial charge in [-0.05, 0) is 42.8 Å². The minimum atomic E-state index is -1.04. The highest BCUT2D eigenvalue weighted by Gasteiger charge is 2.14. The second-order valence-electron chi connectivity index (χ2n) is 6.77. The summed E-state index contributed by atoms with van der Waals surface area (Å²) in [5.74, 6) is -3.04. The van der Waals surface area contributed by atoms with Crippen LogP contribution in [0.2, 0.25) is 0 Å². The molecule has 8 heteroatoms. The molecule has 0 aliphatic heterocycles. The molecule has 0 atom stereocenters. The lowest BCUT2D eigenvalue weighted by Gasteiger charge is -2.13. The van der Waals surface area contributed by atoms with Crippen molar-refractivity contribution in [3.05, 3.63) is 99.6 Å². The van der Waals surface area contributed by atoms with Crippen LogP contribution in [0.1, 0.15) is 11.1 Å². The maximum atomic E-state index is 14.0. The SMILES string of the molecule is Cc1cc(F)cc(Oc2ccc3c(c2)c(=O)ncn3Cc2c(F)cc(F)cc2F)c1. The van der Waals surface area contributed by atoms with Crippen LogP contribution in [0.3, 0.4) is 0 Å². The predicted molar refractivity (Wildman–Crippen MR) is 103 cm³/mol. The van der Waals surface area contributed by atoms with E-state index >= 15 is 0 Å². The van der Waals surface area contributed by atoms with Gasteiger partial charge in [-0.15, -0.1) is 0 Å². The van der Waals surface area contributed by atoms with Crippen LogP contribution < -0.4 is 10.3 Å². The smallest absolute Gasteiger partial charge is 0.280 e. The first-order valence-corrected chi connectivity index (χ1v) is 8.88. The lowest BCUT2D eigenvalue weighted by molar-refractivity contribution is 0.476. The minimum absolute atomic E-state index is 0.144. The third-order valence-corrected chi connectivity index (χ3v) is 4.51. The van der Waals surface area contributed by atoms with E-state index in [0.717, 1.165) is 6.33 Å². The normalized spacial score (nSPS) is 11.1. The van der Waals surface area contributed by atoms with E-state index in [1.165, 1.54) is 34.9 Å². The number of ether oxygens (including phenoxy) is 1. The Kier molecular flexibility index (Phi) is 4.99. The monoisotopic (exact) mass is 414 g/mol. The summed E-state index contributed by atoms with van der Waals surface area (Å²) >= 11 is 0. The molecule has 30 heavy (non-hydrogen) atoms. The Bertz CT molecular complexity index is 1290. The van der Waals surface area contributed by atoms with E-state index in [2.05, 4.69) is 4.98 Å². The maximum absolute atomic E-state index is 14.0. The number of benzene rings is 3. The van der Waals surface area contributed by atoms with Crippen molar-refractivity contribution in [1.82, 2.24) is 9.55 Å². The number of rotatable bonds is 4. The van der Waals surface area contributed by atoms with Crippen LogP contribution in [0.5, 0.6) is 11.5 Å². The molecule has 4 nitrogen and oxygen atoms in total. The lowest BCUT2D eigenvalue weighted by Crippen LogP contribution is -2.14. The molecule has 0 N–H and O–H groups in total. The molecule has 0 spiro atoms. The third kappa shape index (κ3) is 3.89. The van der Waals surface area contributed by atoms with Crippen molar-refractivity contribution in [1.29, 1.82) is 0 Å².